The van der Waals surface area contributed by atoms with Crippen LogP contribution in [-0.4, -0.2) is 50.8 Å². The lowest BCUT2D eigenvalue weighted by atomic mass is 10.1. The number of unbranched alkanes of at least 4 members (excludes halogenated alkanes) is 1. The van der Waals surface area contributed by atoms with E-state index >= 15 is 0 Å². The maximum atomic E-state index is 14.0. The molecule has 1 atom stereocenters. The third-order valence-electron chi connectivity index (χ3n) is 4.50. The van der Waals surface area contributed by atoms with E-state index in [-0.39, 0.29) is 48.7 Å². The Labute approximate surface area is 156 Å². The van der Waals surface area contributed by atoms with Gasteiger partial charge >= 0.3 is 0 Å². The van der Waals surface area contributed by atoms with Gasteiger partial charge in [0.05, 0.1) is 12.6 Å². The smallest absolute Gasteiger partial charge is 0.274 e. The summed E-state index contributed by atoms with van der Waals surface area (Å²) in [5.41, 5.74) is 0.772. The van der Waals surface area contributed by atoms with Crippen molar-refractivity contribution in [3.05, 3.63) is 53.1 Å². The Hall–Kier alpha value is -2.74. The third kappa shape index (κ3) is 4.33. The Bertz CT molecular complexity index is 836. The van der Waals surface area contributed by atoms with Crippen molar-refractivity contribution >= 4 is 11.8 Å². The lowest BCUT2D eigenvalue weighted by molar-refractivity contribution is 0.0731. The van der Waals surface area contributed by atoms with E-state index in [1.165, 1.54) is 16.8 Å². The number of carbonyl (C=O) groups excluding carboxylic acids is 2. The molecule has 1 aliphatic heterocycles. The number of nitrogens with zero attached hydrogens (tertiary/aromatic N) is 3. The average molecular weight is 374 g/mol. The Morgan fingerprint density at radius 1 is 1.44 bits per heavy atom. The van der Waals surface area contributed by atoms with Gasteiger partial charge < -0.3 is 15.3 Å². The number of benzene rings is 1. The molecule has 0 radical (unpaired) electrons. The molecule has 144 valence electrons. The summed E-state index contributed by atoms with van der Waals surface area (Å²) >= 11 is 0. The van der Waals surface area contributed by atoms with E-state index in [0.29, 0.717) is 12.1 Å². The summed E-state index contributed by atoms with van der Waals surface area (Å²) in [6.07, 6.45) is 0.884. The fraction of sp³-hybridized carbons (Fsp3) is 0.421. The van der Waals surface area contributed by atoms with Crippen LogP contribution in [0.4, 0.5) is 4.39 Å². The van der Waals surface area contributed by atoms with Gasteiger partial charge in [0.15, 0.2) is 5.69 Å². The van der Waals surface area contributed by atoms with Gasteiger partial charge in [-0.25, -0.2) is 4.39 Å². The first-order valence-corrected chi connectivity index (χ1v) is 9.06. The zero-order valence-electron chi connectivity index (χ0n) is 15.2. The topological polar surface area (TPSA) is 87.5 Å². The molecule has 0 bridgehead atoms. The number of hydrogen-bond acceptors (Lipinski definition) is 4. The molecule has 7 nitrogen and oxygen atoms in total. The second-order valence-electron chi connectivity index (χ2n) is 6.63. The number of aliphatic hydroxyl groups is 1. The number of rotatable bonds is 6. The van der Waals surface area contributed by atoms with Crippen LogP contribution < -0.4 is 5.32 Å². The molecule has 2 heterocycles. The molecule has 1 aromatic carbocycles. The van der Waals surface area contributed by atoms with Crippen molar-refractivity contribution in [2.75, 3.05) is 13.1 Å². The number of fused-ring (bicyclic) bond motifs is 1. The summed E-state index contributed by atoms with van der Waals surface area (Å²) in [5.74, 6) is -1.11. The van der Waals surface area contributed by atoms with Crippen LogP contribution in [0.3, 0.4) is 0 Å². The molecule has 27 heavy (non-hydrogen) atoms. The predicted molar refractivity (Wildman–Crippen MR) is 96.6 cm³/mol. The van der Waals surface area contributed by atoms with Gasteiger partial charge in [-0.2, -0.15) is 5.10 Å². The van der Waals surface area contributed by atoms with Crippen LogP contribution >= 0.6 is 0 Å². The van der Waals surface area contributed by atoms with Gasteiger partial charge in [-0.15, -0.1) is 0 Å². The van der Waals surface area contributed by atoms with E-state index in [9.17, 15) is 19.1 Å². The van der Waals surface area contributed by atoms with E-state index in [1.807, 2.05) is 6.92 Å². The summed E-state index contributed by atoms with van der Waals surface area (Å²) < 4.78 is 15.4. The highest BCUT2D eigenvalue weighted by Crippen LogP contribution is 2.16. The van der Waals surface area contributed by atoms with Gasteiger partial charge in [-0.3, -0.25) is 14.3 Å². The molecule has 3 rings (SSSR count). The lowest BCUT2D eigenvalue weighted by Crippen LogP contribution is -2.33. The summed E-state index contributed by atoms with van der Waals surface area (Å²) in [4.78, 5) is 26.6. The van der Waals surface area contributed by atoms with E-state index < -0.39 is 6.10 Å². The monoisotopic (exact) mass is 374 g/mol. The summed E-state index contributed by atoms with van der Waals surface area (Å²) in [5, 5.41) is 16.6. The van der Waals surface area contributed by atoms with Crippen molar-refractivity contribution in [2.45, 2.75) is 39.0 Å². The molecule has 1 unspecified atom stereocenters. The number of carbonyl (C=O) groups is 2. The number of aromatic nitrogens is 2. The van der Waals surface area contributed by atoms with Gasteiger partial charge in [0.2, 0.25) is 0 Å². The van der Waals surface area contributed by atoms with Gasteiger partial charge in [0, 0.05) is 31.3 Å². The van der Waals surface area contributed by atoms with Crippen LogP contribution in [0.25, 0.3) is 0 Å². The number of nitrogens with one attached hydrogen (secondary N) is 1. The predicted octanol–water partition coefficient (Wildman–Crippen LogP) is 1.57. The van der Waals surface area contributed by atoms with Crippen molar-refractivity contribution in [1.82, 2.24) is 20.0 Å². The van der Waals surface area contributed by atoms with Gasteiger partial charge in [-0.1, -0.05) is 31.5 Å². The number of hydrogen-bond donors (Lipinski definition) is 2. The van der Waals surface area contributed by atoms with Gasteiger partial charge in [-0.05, 0) is 12.5 Å². The summed E-state index contributed by atoms with van der Waals surface area (Å²) in [6, 6.07) is 7.77. The molecular weight excluding hydrogens is 351 g/mol. The minimum absolute atomic E-state index is 0.113. The highest BCUT2D eigenvalue weighted by molar-refractivity contribution is 5.98. The van der Waals surface area contributed by atoms with Crippen molar-refractivity contribution in [1.29, 1.82) is 0 Å². The van der Waals surface area contributed by atoms with E-state index in [2.05, 4.69) is 10.4 Å². The second-order valence-corrected chi connectivity index (χ2v) is 6.63. The van der Waals surface area contributed by atoms with Gasteiger partial charge in [0.25, 0.3) is 11.8 Å². The lowest BCUT2D eigenvalue weighted by Gasteiger charge is -2.22. The maximum absolute atomic E-state index is 14.0. The van der Waals surface area contributed by atoms with Crippen LogP contribution in [0, 0.1) is 5.82 Å². The quantitative estimate of drug-likeness (QED) is 0.803. The van der Waals surface area contributed by atoms with E-state index in [1.54, 1.807) is 23.1 Å². The third-order valence-corrected chi connectivity index (χ3v) is 4.50. The molecule has 2 N–H and O–H groups in total. The molecule has 1 aromatic heterocycles. The average Bonchev–Trinajstić information content (AvgIpc) is 3.02. The molecule has 0 spiro atoms. The molecule has 2 aromatic rings. The van der Waals surface area contributed by atoms with Crippen molar-refractivity contribution in [3.8, 4) is 0 Å². The molecule has 0 saturated carbocycles. The van der Waals surface area contributed by atoms with E-state index in [4.69, 9.17) is 0 Å². The fourth-order valence-corrected chi connectivity index (χ4v) is 3.00. The number of halogens is 1. The second kappa shape index (κ2) is 8.30. The first-order valence-electron chi connectivity index (χ1n) is 9.06. The highest BCUT2D eigenvalue weighted by Gasteiger charge is 2.26. The molecule has 2 amide bonds. The fourth-order valence-electron chi connectivity index (χ4n) is 3.00. The summed E-state index contributed by atoms with van der Waals surface area (Å²) in [7, 11) is 0. The Morgan fingerprint density at radius 3 is 2.96 bits per heavy atom. The molecular formula is C19H23FN4O3. The Balaban J connectivity index is 1.86. The normalized spacial score (nSPS) is 16.4. The number of aliphatic hydroxyl groups excluding tert-OH is 1. The van der Waals surface area contributed by atoms with Crippen molar-refractivity contribution < 1.29 is 19.1 Å². The van der Waals surface area contributed by atoms with Crippen molar-refractivity contribution in [2.24, 2.45) is 0 Å². The SMILES string of the molecule is CCCCN(Cc1ccccc1F)C(=O)c1cc2n(n1)CC(O)CNC2=O. The first-order chi connectivity index (χ1) is 13.0. The minimum atomic E-state index is -0.771. The molecule has 8 heteroatoms. The standard InChI is InChI=1S/C19H23FN4O3/c1-2-3-8-23(11-13-6-4-5-7-15(13)20)19(27)16-9-17-18(26)21-10-14(25)12-24(17)22-16/h4-7,9,14,25H,2-3,8,10-12H2,1H3,(H,21,26). The van der Waals surface area contributed by atoms with Gasteiger partial charge in [0.1, 0.15) is 11.5 Å². The molecule has 0 saturated heterocycles. The minimum Gasteiger partial charge on any atom is -0.389 e. The van der Waals surface area contributed by atoms with E-state index in [0.717, 1.165) is 12.8 Å². The van der Waals surface area contributed by atoms with Crippen LogP contribution in [0.15, 0.2) is 30.3 Å². The van der Waals surface area contributed by atoms with Crippen LogP contribution in [0.1, 0.15) is 46.3 Å². The molecule has 0 fully saturated rings. The Morgan fingerprint density at radius 2 is 2.22 bits per heavy atom. The first kappa shape index (κ1) is 19.0. The van der Waals surface area contributed by atoms with Crippen LogP contribution in [0.2, 0.25) is 0 Å². The molecule has 0 aliphatic carbocycles. The highest BCUT2D eigenvalue weighted by atomic mass is 19.1. The largest absolute Gasteiger partial charge is 0.389 e. The van der Waals surface area contributed by atoms with Crippen molar-refractivity contribution in [3.63, 3.8) is 0 Å². The molecule has 1 aliphatic rings. The zero-order chi connectivity index (χ0) is 19.4. The summed E-state index contributed by atoms with van der Waals surface area (Å²) in [6.45, 7) is 2.87. The maximum Gasteiger partial charge on any atom is 0.274 e. The number of amides is 2. The Kier molecular flexibility index (Phi) is 5.85. The van der Waals surface area contributed by atoms with Crippen LogP contribution in [0.5, 0.6) is 0 Å². The van der Waals surface area contributed by atoms with Crippen LogP contribution in [-0.2, 0) is 13.1 Å². The zero-order valence-corrected chi connectivity index (χ0v) is 15.2. The number of β-amino-alcohol motifs (C(OH)–C–C–N with tert-alkyl or cyclic N) is 1.